The van der Waals surface area contributed by atoms with Gasteiger partial charge in [-0.05, 0) is 37.6 Å². The third kappa shape index (κ3) is 6.28. The standard InChI is InChI=1S/C29H29F3N6O5/c1-17-24(26(25(18(2)33-17)28(39)42-3)19-6-4-9-22(14-19)38(40)41)27-34-23(35-43-27)16-36-10-12-37(13-11-36)21-8-5-7-20(15-21)29(30,31)32/h4-9,14-15,25-26H,10-13,16H2,1-3H3. The average molecular weight is 599 g/mol. The highest BCUT2D eigenvalue weighted by Crippen LogP contribution is 2.44. The van der Waals surface area contributed by atoms with Gasteiger partial charge in [-0.1, -0.05) is 23.4 Å². The molecule has 1 saturated heterocycles. The molecule has 0 radical (unpaired) electrons. The summed E-state index contributed by atoms with van der Waals surface area (Å²) in [4.78, 5) is 37.1. The van der Waals surface area contributed by atoms with Gasteiger partial charge in [0, 0.05) is 66.9 Å². The summed E-state index contributed by atoms with van der Waals surface area (Å²) in [5.41, 5.74) is 1.68. The second-order valence-corrected chi connectivity index (χ2v) is 10.4. The molecule has 0 bridgehead atoms. The molecule has 2 aromatic carbocycles. The number of aliphatic imine (C=N–C) groups is 1. The molecule has 3 heterocycles. The predicted molar refractivity (Wildman–Crippen MR) is 150 cm³/mol. The normalized spacial score (nSPS) is 19.8. The Kier molecular flexibility index (Phi) is 8.31. The van der Waals surface area contributed by atoms with Crippen LogP contribution in [-0.2, 0) is 22.3 Å². The first-order valence-corrected chi connectivity index (χ1v) is 13.5. The number of ether oxygens (including phenoxy) is 1. The van der Waals surface area contributed by atoms with Crippen LogP contribution in [0.15, 0.2) is 63.7 Å². The van der Waals surface area contributed by atoms with Crippen LogP contribution in [0.1, 0.15) is 42.6 Å². The number of non-ortho nitro benzene ring substituents is 1. The van der Waals surface area contributed by atoms with E-state index < -0.39 is 34.5 Å². The number of rotatable bonds is 7. The van der Waals surface area contributed by atoms with E-state index in [4.69, 9.17) is 9.26 Å². The minimum absolute atomic E-state index is 0.131. The van der Waals surface area contributed by atoms with E-state index >= 15 is 0 Å². The van der Waals surface area contributed by atoms with Gasteiger partial charge in [0.25, 0.3) is 11.6 Å². The summed E-state index contributed by atoms with van der Waals surface area (Å²) in [6, 6.07) is 11.3. The Morgan fingerprint density at radius 2 is 1.84 bits per heavy atom. The van der Waals surface area contributed by atoms with Crippen LogP contribution < -0.4 is 4.90 Å². The van der Waals surface area contributed by atoms with Crippen molar-refractivity contribution in [1.29, 1.82) is 0 Å². The number of allylic oxidation sites excluding steroid dienone is 2. The lowest BCUT2D eigenvalue weighted by Gasteiger charge is -2.35. The molecule has 5 rings (SSSR count). The van der Waals surface area contributed by atoms with Gasteiger partial charge >= 0.3 is 12.1 Å². The van der Waals surface area contributed by atoms with Crippen molar-refractivity contribution in [2.75, 3.05) is 38.2 Å². The van der Waals surface area contributed by atoms with Gasteiger partial charge in [-0.2, -0.15) is 18.2 Å². The number of nitro groups is 1. The van der Waals surface area contributed by atoms with Crippen molar-refractivity contribution in [3.8, 4) is 0 Å². The fourth-order valence-electron chi connectivity index (χ4n) is 5.61. The van der Waals surface area contributed by atoms with Crippen molar-refractivity contribution in [3.63, 3.8) is 0 Å². The zero-order valence-corrected chi connectivity index (χ0v) is 23.7. The van der Waals surface area contributed by atoms with Crippen molar-refractivity contribution in [2.45, 2.75) is 32.5 Å². The van der Waals surface area contributed by atoms with Crippen LogP contribution in [0.4, 0.5) is 24.5 Å². The summed E-state index contributed by atoms with van der Waals surface area (Å²) < 4.78 is 50.2. The predicted octanol–water partition coefficient (Wildman–Crippen LogP) is 5.10. The number of hydrogen-bond donors (Lipinski definition) is 0. The number of esters is 1. The van der Waals surface area contributed by atoms with Gasteiger partial charge in [0.1, 0.15) is 5.92 Å². The third-order valence-corrected chi connectivity index (χ3v) is 7.70. The van der Waals surface area contributed by atoms with Crippen molar-refractivity contribution in [1.82, 2.24) is 15.0 Å². The molecule has 43 heavy (non-hydrogen) atoms. The monoisotopic (exact) mass is 598 g/mol. The maximum Gasteiger partial charge on any atom is 0.416 e. The lowest BCUT2D eigenvalue weighted by molar-refractivity contribution is -0.384. The van der Waals surface area contributed by atoms with E-state index in [9.17, 15) is 28.1 Å². The highest BCUT2D eigenvalue weighted by atomic mass is 19.4. The Morgan fingerprint density at radius 1 is 1.12 bits per heavy atom. The molecule has 0 spiro atoms. The molecular formula is C29H29F3N6O5. The Bertz CT molecular complexity index is 1590. The van der Waals surface area contributed by atoms with Crippen LogP contribution >= 0.6 is 0 Å². The molecule has 2 aliphatic rings. The number of alkyl halides is 3. The average Bonchev–Trinajstić information content (AvgIpc) is 3.44. The lowest BCUT2D eigenvalue weighted by atomic mass is 9.75. The number of methoxy groups -OCH3 is 1. The zero-order chi connectivity index (χ0) is 30.9. The molecule has 11 nitrogen and oxygen atoms in total. The highest BCUT2D eigenvalue weighted by molar-refractivity contribution is 6.06. The minimum atomic E-state index is -4.41. The van der Waals surface area contributed by atoms with Gasteiger partial charge in [0.2, 0.25) is 0 Å². The van der Waals surface area contributed by atoms with E-state index in [1.165, 1.54) is 25.3 Å². The third-order valence-electron chi connectivity index (χ3n) is 7.70. The summed E-state index contributed by atoms with van der Waals surface area (Å²) in [7, 11) is 1.27. The highest BCUT2D eigenvalue weighted by Gasteiger charge is 2.42. The fraction of sp³-hybridized carbons (Fsp3) is 0.379. The number of carbonyl (C=O) groups is 1. The maximum atomic E-state index is 13.2. The number of benzene rings is 2. The first-order valence-electron chi connectivity index (χ1n) is 13.5. The van der Waals surface area contributed by atoms with Gasteiger partial charge in [0.15, 0.2) is 5.82 Å². The second kappa shape index (κ2) is 12.0. The molecule has 14 heteroatoms. The van der Waals surface area contributed by atoms with E-state index in [0.717, 1.165) is 12.1 Å². The van der Waals surface area contributed by atoms with Gasteiger partial charge in [-0.15, -0.1) is 0 Å². The number of anilines is 1. The molecule has 0 amide bonds. The quantitative estimate of drug-likeness (QED) is 0.207. The molecule has 0 aliphatic carbocycles. The number of carbonyl (C=O) groups excluding carboxylic acids is 1. The summed E-state index contributed by atoms with van der Waals surface area (Å²) in [6.07, 6.45) is -4.41. The SMILES string of the molecule is COC(=O)C1C(C)=NC(C)=C(c2nc(CN3CCN(c4cccc(C(F)(F)F)c4)CC3)no2)C1c1cccc([N+](=O)[O-])c1. The van der Waals surface area contributed by atoms with Crippen molar-refractivity contribution in [3.05, 3.63) is 87.2 Å². The largest absolute Gasteiger partial charge is 0.468 e. The van der Waals surface area contributed by atoms with Gasteiger partial charge in [-0.3, -0.25) is 24.8 Å². The Morgan fingerprint density at radius 3 is 2.51 bits per heavy atom. The number of aromatic nitrogens is 2. The summed E-state index contributed by atoms with van der Waals surface area (Å²) in [5.74, 6) is -1.64. The molecule has 2 unspecified atom stereocenters. The first-order chi connectivity index (χ1) is 20.5. The van der Waals surface area contributed by atoms with Crippen LogP contribution in [0.2, 0.25) is 0 Å². The zero-order valence-electron chi connectivity index (χ0n) is 23.7. The number of piperazine rings is 1. The summed E-state index contributed by atoms with van der Waals surface area (Å²) in [5, 5.41) is 15.7. The van der Waals surface area contributed by atoms with E-state index in [0.29, 0.717) is 66.8 Å². The van der Waals surface area contributed by atoms with Gasteiger partial charge in [0.05, 0.1) is 24.1 Å². The molecule has 1 fully saturated rings. The number of nitro benzene ring substituents is 1. The Balaban J connectivity index is 1.36. The van der Waals surface area contributed by atoms with E-state index in [1.54, 1.807) is 32.0 Å². The molecule has 0 N–H and O–H groups in total. The number of halogens is 3. The topological polar surface area (TPSA) is 127 Å². The smallest absolute Gasteiger partial charge is 0.416 e. The Labute approximate surface area is 244 Å². The van der Waals surface area contributed by atoms with Crippen LogP contribution in [0.5, 0.6) is 0 Å². The minimum Gasteiger partial charge on any atom is -0.468 e. The molecule has 3 aromatic rings. The molecule has 1 aromatic heterocycles. The lowest BCUT2D eigenvalue weighted by Crippen LogP contribution is -2.46. The van der Waals surface area contributed by atoms with Crippen molar-refractivity contribution >= 4 is 28.6 Å². The summed E-state index contributed by atoms with van der Waals surface area (Å²) >= 11 is 0. The van der Waals surface area contributed by atoms with Crippen molar-refractivity contribution < 1.29 is 32.1 Å². The van der Waals surface area contributed by atoms with Gasteiger partial charge < -0.3 is 14.2 Å². The van der Waals surface area contributed by atoms with E-state index in [-0.39, 0.29) is 11.6 Å². The van der Waals surface area contributed by atoms with E-state index in [2.05, 4.69) is 20.0 Å². The molecular weight excluding hydrogens is 569 g/mol. The molecule has 0 saturated carbocycles. The number of hydrogen-bond acceptors (Lipinski definition) is 10. The number of nitrogens with zero attached hydrogens (tertiary/aromatic N) is 6. The van der Waals surface area contributed by atoms with Crippen LogP contribution in [0, 0.1) is 16.0 Å². The second-order valence-electron chi connectivity index (χ2n) is 10.4. The first kappa shape index (κ1) is 29.9. The maximum absolute atomic E-state index is 13.2. The van der Waals surface area contributed by atoms with Crippen LogP contribution in [0.3, 0.4) is 0 Å². The molecule has 2 atom stereocenters. The van der Waals surface area contributed by atoms with Crippen molar-refractivity contribution in [2.24, 2.45) is 10.9 Å². The summed E-state index contributed by atoms with van der Waals surface area (Å²) in [6.45, 7) is 5.92. The van der Waals surface area contributed by atoms with Gasteiger partial charge in [-0.25, -0.2) is 0 Å². The Hall–Kier alpha value is -4.59. The van der Waals surface area contributed by atoms with Crippen LogP contribution in [-0.4, -0.2) is 64.9 Å². The molecule has 2 aliphatic heterocycles. The fourth-order valence-corrected chi connectivity index (χ4v) is 5.61. The molecule has 226 valence electrons. The van der Waals surface area contributed by atoms with Crippen LogP contribution in [0.25, 0.3) is 5.57 Å². The van der Waals surface area contributed by atoms with E-state index in [1.807, 2.05) is 4.90 Å².